The summed E-state index contributed by atoms with van der Waals surface area (Å²) in [5.74, 6) is 0. The lowest BCUT2D eigenvalue weighted by molar-refractivity contribution is 1.24. The molecule has 0 saturated carbocycles. The van der Waals surface area contributed by atoms with Crippen LogP contribution in [-0.4, -0.2) is 4.98 Å². The number of benzene rings is 1. The number of aromatic amines is 1. The Morgan fingerprint density at radius 2 is 2.07 bits per heavy atom. The predicted molar refractivity (Wildman–Crippen MR) is 58.8 cm³/mol. The second kappa shape index (κ2) is 3.25. The van der Waals surface area contributed by atoms with Crippen LogP contribution in [-0.2, 0) is 0 Å². The molecule has 0 fully saturated rings. The number of fused-ring (bicyclic) bond motifs is 1. The molecule has 1 aromatic carbocycles. The lowest BCUT2D eigenvalue weighted by atomic mass is 10.0. The molecule has 0 saturated heterocycles. The number of nitriles is 1. The van der Waals surface area contributed by atoms with E-state index in [1.54, 1.807) is 6.92 Å². The highest BCUT2D eigenvalue weighted by molar-refractivity contribution is 5.84. The second-order valence-corrected chi connectivity index (χ2v) is 3.61. The molecule has 0 radical (unpaired) electrons. The number of H-pyrrole nitrogens is 1. The number of aromatic nitrogens is 1. The van der Waals surface area contributed by atoms with Gasteiger partial charge in [-0.2, -0.15) is 5.26 Å². The Labute approximate surface area is 87.0 Å². The van der Waals surface area contributed by atoms with Crippen LogP contribution >= 0.6 is 0 Å². The van der Waals surface area contributed by atoms with Crippen molar-refractivity contribution in [2.45, 2.75) is 13.8 Å². The van der Waals surface area contributed by atoms with Gasteiger partial charge in [0.15, 0.2) is 0 Å². The number of nitrogens with zero attached hydrogens (tertiary/aromatic N) is 1. The summed E-state index contributed by atoms with van der Waals surface area (Å²) in [6.07, 6.45) is 0. The van der Waals surface area contributed by atoms with Gasteiger partial charge in [-0.15, -0.1) is 0 Å². The van der Waals surface area contributed by atoms with Crippen molar-refractivity contribution < 1.29 is 0 Å². The maximum atomic E-state index is 11.5. The fourth-order valence-corrected chi connectivity index (χ4v) is 1.70. The minimum atomic E-state index is -0.314. The molecule has 15 heavy (non-hydrogen) atoms. The van der Waals surface area contributed by atoms with Crippen molar-refractivity contribution in [2.75, 3.05) is 0 Å². The van der Waals surface area contributed by atoms with Crippen LogP contribution in [0.25, 0.3) is 10.9 Å². The molecule has 74 valence electrons. The highest BCUT2D eigenvalue weighted by Crippen LogP contribution is 2.18. The normalized spacial score (nSPS) is 10.2. The summed E-state index contributed by atoms with van der Waals surface area (Å²) in [7, 11) is 0. The van der Waals surface area contributed by atoms with Gasteiger partial charge in [-0.05, 0) is 31.5 Å². The quantitative estimate of drug-likeness (QED) is 0.704. The highest BCUT2D eigenvalue weighted by Gasteiger charge is 2.07. The van der Waals surface area contributed by atoms with Crippen molar-refractivity contribution in [1.29, 1.82) is 5.26 Å². The number of hydrogen-bond donors (Lipinski definition) is 1. The van der Waals surface area contributed by atoms with Crippen LogP contribution in [0, 0.1) is 25.2 Å². The van der Waals surface area contributed by atoms with E-state index in [0.29, 0.717) is 0 Å². The number of nitrogens with one attached hydrogen (secondary N) is 1. The third-order valence-electron chi connectivity index (χ3n) is 2.54. The molecular formula is C12H10N2O. The Hall–Kier alpha value is -2.08. The molecular weight excluding hydrogens is 188 g/mol. The first-order chi connectivity index (χ1) is 7.13. The fraction of sp³-hybridized carbons (Fsp3) is 0.167. The standard InChI is InChI=1S/C12H10N2O/c1-7-3-4-11-9(5-7)8(2)10(6-13)12(15)14-11/h3-5H,1-2H3,(H,14,15). The van der Waals surface area contributed by atoms with Gasteiger partial charge in [0.05, 0.1) is 0 Å². The summed E-state index contributed by atoms with van der Waals surface area (Å²) in [5.41, 5.74) is 2.53. The Morgan fingerprint density at radius 3 is 2.73 bits per heavy atom. The number of rotatable bonds is 0. The van der Waals surface area contributed by atoms with Gasteiger partial charge in [0.1, 0.15) is 11.6 Å². The highest BCUT2D eigenvalue weighted by atomic mass is 16.1. The lowest BCUT2D eigenvalue weighted by Gasteiger charge is -2.04. The average Bonchev–Trinajstić information content (AvgIpc) is 2.20. The molecule has 0 bridgehead atoms. The topological polar surface area (TPSA) is 56.6 Å². The molecule has 1 N–H and O–H groups in total. The monoisotopic (exact) mass is 198 g/mol. The van der Waals surface area contributed by atoms with Crippen LogP contribution < -0.4 is 5.56 Å². The molecule has 1 heterocycles. The average molecular weight is 198 g/mol. The van der Waals surface area contributed by atoms with Crippen LogP contribution in [0.15, 0.2) is 23.0 Å². The molecule has 3 heteroatoms. The van der Waals surface area contributed by atoms with Gasteiger partial charge in [0, 0.05) is 10.9 Å². The molecule has 2 aromatic rings. The molecule has 0 aliphatic carbocycles. The van der Waals surface area contributed by atoms with Gasteiger partial charge < -0.3 is 4.98 Å². The van der Waals surface area contributed by atoms with Crippen LogP contribution in [0.5, 0.6) is 0 Å². The Morgan fingerprint density at radius 1 is 1.33 bits per heavy atom. The van der Waals surface area contributed by atoms with E-state index in [0.717, 1.165) is 22.0 Å². The Balaban J connectivity index is 3.00. The first-order valence-corrected chi connectivity index (χ1v) is 4.67. The van der Waals surface area contributed by atoms with Crippen molar-refractivity contribution in [1.82, 2.24) is 4.98 Å². The van der Waals surface area contributed by atoms with E-state index in [9.17, 15) is 4.79 Å². The van der Waals surface area contributed by atoms with Crippen LogP contribution in [0.4, 0.5) is 0 Å². The van der Waals surface area contributed by atoms with Gasteiger partial charge in [-0.25, -0.2) is 0 Å². The molecule has 0 unspecified atom stereocenters. The molecule has 0 spiro atoms. The molecule has 1 aromatic heterocycles. The van der Waals surface area contributed by atoms with E-state index in [1.165, 1.54) is 0 Å². The maximum absolute atomic E-state index is 11.5. The maximum Gasteiger partial charge on any atom is 0.266 e. The Kier molecular flexibility index (Phi) is 2.05. The zero-order valence-corrected chi connectivity index (χ0v) is 8.59. The van der Waals surface area contributed by atoms with Crippen LogP contribution in [0.1, 0.15) is 16.7 Å². The zero-order chi connectivity index (χ0) is 11.0. The van der Waals surface area contributed by atoms with Gasteiger partial charge in [0.25, 0.3) is 5.56 Å². The molecule has 0 aliphatic heterocycles. The largest absolute Gasteiger partial charge is 0.321 e. The fourth-order valence-electron chi connectivity index (χ4n) is 1.70. The van der Waals surface area contributed by atoms with E-state index in [1.807, 2.05) is 31.2 Å². The number of hydrogen-bond acceptors (Lipinski definition) is 2. The van der Waals surface area contributed by atoms with Crippen molar-refractivity contribution in [3.8, 4) is 6.07 Å². The van der Waals surface area contributed by atoms with E-state index in [4.69, 9.17) is 5.26 Å². The molecule has 3 nitrogen and oxygen atoms in total. The van der Waals surface area contributed by atoms with E-state index < -0.39 is 0 Å². The minimum absolute atomic E-state index is 0.202. The van der Waals surface area contributed by atoms with Gasteiger partial charge in [-0.3, -0.25) is 4.79 Å². The minimum Gasteiger partial charge on any atom is -0.321 e. The third kappa shape index (κ3) is 1.40. The van der Waals surface area contributed by atoms with Crippen LogP contribution in [0.2, 0.25) is 0 Å². The summed E-state index contributed by atoms with van der Waals surface area (Å²) >= 11 is 0. The van der Waals surface area contributed by atoms with E-state index >= 15 is 0 Å². The predicted octanol–water partition coefficient (Wildman–Crippen LogP) is 2.02. The van der Waals surface area contributed by atoms with Crippen LogP contribution in [0.3, 0.4) is 0 Å². The summed E-state index contributed by atoms with van der Waals surface area (Å²) < 4.78 is 0. The molecule has 0 atom stereocenters. The van der Waals surface area contributed by atoms with E-state index in [-0.39, 0.29) is 11.1 Å². The summed E-state index contributed by atoms with van der Waals surface area (Å²) in [5, 5.41) is 9.79. The van der Waals surface area contributed by atoms with Crippen molar-refractivity contribution in [3.63, 3.8) is 0 Å². The molecule has 0 aliphatic rings. The number of aryl methyl sites for hydroxylation is 2. The summed E-state index contributed by atoms with van der Waals surface area (Å²) in [6, 6.07) is 7.70. The van der Waals surface area contributed by atoms with Gasteiger partial charge >= 0.3 is 0 Å². The SMILES string of the molecule is Cc1ccc2[nH]c(=O)c(C#N)c(C)c2c1. The van der Waals surface area contributed by atoms with Gasteiger partial charge in [0.2, 0.25) is 0 Å². The lowest BCUT2D eigenvalue weighted by Crippen LogP contribution is -2.12. The first-order valence-electron chi connectivity index (χ1n) is 4.67. The molecule has 2 rings (SSSR count). The summed E-state index contributed by atoms with van der Waals surface area (Å²) in [6.45, 7) is 3.78. The van der Waals surface area contributed by atoms with Gasteiger partial charge in [-0.1, -0.05) is 11.6 Å². The van der Waals surface area contributed by atoms with E-state index in [2.05, 4.69) is 4.98 Å². The summed E-state index contributed by atoms with van der Waals surface area (Å²) in [4.78, 5) is 14.2. The number of pyridine rings is 1. The molecule has 0 amide bonds. The van der Waals surface area contributed by atoms with Crippen molar-refractivity contribution in [3.05, 3.63) is 45.2 Å². The zero-order valence-electron chi connectivity index (χ0n) is 8.59. The smallest absolute Gasteiger partial charge is 0.266 e. The first kappa shape index (κ1) is 9.47. The van der Waals surface area contributed by atoms with Crippen molar-refractivity contribution >= 4 is 10.9 Å². The van der Waals surface area contributed by atoms with Crippen molar-refractivity contribution in [2.24, 2.45) is 0 Å². The Bertz CT molecular complexity index is 632. The third-order valence-corrected chi connectivity index (χ3v) is 2.54. The second-order valence-electron chi connectivity index (χ2n) is 3.61.